The Kier molecular flexibility index (Phi) is 4.87. The number of hydrogen-bond acceptors (Lipinski definition) is 4. The van der Waals surface area contributed by atoms with E-state index < -0.39 is 0 Å². The molecule has 2 heterocycles. The Morgan fingerprint density at radius 1 is 1.33 bits per heavy atom. The summed E-state index contributed by atoms with van der Waals surface area (Å²) >= 11 is 1.30. The molecule has 6 heteroatoms. The average molecular weight is 344 g/mol. The Balaban J connectivity index is 1.97. The van der Waals surface area contributed by atoms with Gasteiger partial charge in [-0.1, -0.05) is 12.1 Å². The number of amides is 1. The molecule has 0 bridgehead atoms. The van der Waals surface area contributed by atoms with Crippen molar-refractivity contribution in [2.45, 2.75) is 13.2 Å². The van der Waals surface area contributed by atoms with Gasteiger partial charge in [0.1, 0.15) is 5.82 Å². The van der Waals surface area contributed by atoms with Gasteiger partial charge in [0.25, 0.3) is 5.91 Å². The predicted octanol–water partition coefficient (Wildman–Crippen LogP) is 3.85. The van der Waals surface area contributed by atoms with Crippen LogP contribution in [0, 0.1) is 5.82 Å². The van der Waals surface area contributed by atoms with Crippen LogP contribution in [0.2, 0.25) is 0 Å². The predicted molar refractivity (Wildman–Crippen MR) is 92.5 cm³/mol. The van der Waals surface area contributed by atoms with Crippen molar-refractivity contribution >= 4 is 27.3 Å². The van der Waals surface area contributed by atoms with Crippen LogP contribution in [-0.2, 0) is 17.9 Å². The number of nitrogens with zero attached hydrogens (tertiary/aromatic N) is 2. The molecule has 0 aliphatic heterocycles. The lowest BCUT2D eigenvalue weighted by molar-refractivity contribution is 0.0785. The number of fused-ring (bicyclic) bond motifs is 1. The summed E-state index contributed by atoms with van der Waals surface area (Å²) in [5.74, 6) is -0.476. The molecule has 1 aromatic carbocycles. The Bertz CT molecular complexity index is 864. The second-order valence-electron chi connectivity index (χ2n) is 5.48. The van der Waals surface area contributed by atoms with Crippen molar-refractivity contribution in [1.82, 2.24) is 9.88 Å². The first-order valence-electron chi connectivity index (χ1n) is 7.45. The summed E-state index contributed by atoms with van der Waals surface area (Å²) in [5, 5.41) is 0.475. The van der Waals surface area contributed by atoms with Crippen LogP contribution >= 0.6 is 11.3 Å². The maximum Gasteiger partial charge on any atom is 0.264 e. The van der Waals surface area contributed by atoms with Crippen molar-refractivity contribution in [1.29, 1.82) is 0 Å². The summed E-state index contributed by atoms with van der Waals surface area (Å²) < 4.78 is 20.2. The second kappa shape index (κ2) is 7.07. The van der Waals surface area contributed by atoms with E-state index in [4.69, 9.17) is 4.74 Å². The van der Waals surface area contributed by atoms with Crippen molar-refractivity contribution in [3.05, 3.63) is 64.5 Å². The summed E-state index contributed by atoms with van der Waals surface area (Å²) in [5.41, 5.74) is 1.55. The van der Waals surface area contributed by atoms with E-state index >= 15 is 0 Å². The fourth-order valence-corrected chi connectivity index (χ4v) is 3.85. The molecule has 0 saturated carbocycles. The Labute approximate surface area is 143 Å². The number of carbonyl (C=O) groups is 1. The SMILES string of the molecule is COCc1c(C(=O)N(C)Cc2cccnc2)sc2cccc(F)c12. The standard InChI is InChI=1S/C18H17FN2O2S/c1-21(10-12-5-4-8-20-9-12)18(22)17-13(11-23-2)16-14(19)6-3-7-15(16)24-17/h3-9H,10-11H2,1-2H3. The molecule has 0 spiro atoms. The lowest BCUT2D eigenvalue weighted by Crippen LogP contribution is -2.26. The van der Waals surface area contributed by atoms with Gasteiger partial charge in [0, 0.05) is 48.7 Å². The molecule has 0 saturated heterocycles. The highest BCUT2D eigenvalue weighted by molar-refractivity contribution is 7.21. The van der Waals surface area contributed by atoms with Crippen LogP contribution in [0.4, 0.5) is 4.39 Å². The van der Waals surface area contributed by atoms with Crippen molar-refractivity contribution in [3.8, 4) is 0 Å². The Hall–Kier alpha value is -2.31. The number of carbonyl (C=O) groups excluding carboxylic acids is 1. The fourth-order valence-electron chi connectivity index (χ4n) is 2.63. The summed E-state index contributed by atoms with van der Waals surface area (Å²) in [7, 11) is 3.27. The molecule has 0 aliphatic rings. The molecule has 0 fully saturated rings. The van der Waals surface area contributed by atoms with Gasteiger partial charge in [-0.15, -0.1) is 11.3 Å². The summed E-state index contributed by atoms with van der Waals surface area (Å²) in [6.45, 7) is 0.637. The number of methoxy groups -OCH3 is 1. The zero-order valence-corrected chi connectivity index (χ0v) is 14.3. The van der Waals surface area contributed by atoms with Crippen LogP contribution in [0.3, 0.4) is 0 Å². The minimum Gasteiger partial charge on any atom is -0.380 e. The number of hydrogen-bond donors (Lipinski definition) is 0. The van der Waals surface area contributed by atoms with E-state index in [-0.39, 0.29) is 18.3 Å². The van der Waals surface area contributed by atoms with E-state index in [9.17, 15) is 9.18 Å². The molecule has 0 atom stereocenters. The van der Waals surface area contributed by atoms with E-state index in [2.05, 4.69) is 4.98 Å². The van der Waals surface area contributed by atoms with Crippen molar-refractivity contribution in [2.75, 3.05) is 14.2 Å². The molecule has 0 unspecified atom stereocenters. The van der Waals surface area contributed by atoms with E-state index in [0.29, 0.717) is 22.4 Å². The highest BCUT2D eigenvalue weighted by atomic mass is 32.1. The van der Waals surface area contributed by atoms with Crippen LogP contribution in [0.15, 0.2) is 42.7 Å². The number of aromatic nitrogens is 1. The number of rotatable bonds is 5. The topological polar surface area (TPSA) is 42.4 Å². The van der Waals surface area contributed by atoms with Gasteiger partial charge in [-0.2, -0.15) is 0 Å². The number of thiophene rings is 1. The molecule has 0 radical (unpaired) electrons. The van der Waals surface area contributed by atoms with Gasteiger partial charge >= 0.3 is 0 Å². The van der Waals surface area contributed by atoms with Gasteiger partial charge in [0.2, 0.25) is 0 Å². The molecule has 3 aromatic rings. The van der Waals surface area contributed by atoms with E-state index in [0.717, 1.165) is 10.3 Å². The first kappa shape index (κ1) is 16.5. The van der Waals surface area contributed by atoms with Gasteiger partial charge < -0.3 is 9.64 Å². The van der Waals surface area contributed by atoms with E-state index in [1.165, 1.54) is 24.5 Å². The average Bonchev–Trinajstić information content (AvgIpc) is 2.95. The fraction of sp³-hybridized carbons (Fsp3) is 0.222. The van der Waals surface area contributed by atoms with Crippen LogP contribution < -0.4 is 0 Å². The van der Waals surface area contributed by atoms with Crippen molar-refractivity contribution in [3.63, 3.8) is 0 Å². The molecule has 0 aliphatic carbocycles. The molecule has 24 heavy (non-hydrogen) atoms. The lowest BCUT2D eigenvalue weighted by Gasteiger charge is -2.17. The molecule has 1 amide bonds. The van der Waals surface area contributed by atoms with Gasteiger partial charge in [-0.05, 0) is 23.8 Å². The number of ether oxygens (including phenoxy) is 1. The zero-order valence-electron chi connectivity index (χ0n) is 13.5. The number of pyridine rings is 1. The molecular weight excluding hydrogens is 327 g/mol. The smallest absolute Gasteiger partial charge is 0.264 e. The molecular formula is C18H17FN2O2S. The Morgan fingerprint density at radius 3 is 2.88 bits per heavy atom. The second-order valence-corrected chi connectivity index (χ2v) is 6.53. The third-order valence-corrected chi connectivity index (χ3v) is 4.92. The lowest BCUT2D eigenvalue weighted by atomic mass is 10.1. The van der Waals surface area contributed by atoms with Gasteiger partial charge in [0.15, 0.2) is 0 Å². The summed E-state index contributed by atoms with van der Waals surface area (Å²) in [4.78, 5) is 19.0. The minimum absolute atomic E-state index is 0.147. The highest BCUT2D eigenvalue weighted by Gasteiger charge is 2.23. The summed E-state index contributed by atoms with van der Waals surface area (Å²) in [6.07, 6.45) is 3.42. The van der Waals surface area contributed by atoms with Gasteiger partial charge in [-0.3, -0.25) is 9.78 Å². The van der Waals surface area contributed by atoms with Crippen LogP contribution in [0.1, 0.15) is 20.8 Å². The molecule has 4 nitrogen and oxygen atoms in total. The first-order chi connectivity index (χ1) is 11.6. The van der Waals surface area contributed by atoms with E-state index in [1.54, 1.807) is 30.4 Å². The van der Waals surface area contributed by atoms with Crippen molar-refractivity contribution < 1.29 is 13.9 Å². The highest BCUT2D eigenvalue weighted by Crippen LogP contribution is 2.34. The number of benzene rings is 1. The van der Waals surface area contributed by atoms with E-state index in [1.807, 2.05) is 18.2 Å². The normalized spacial score (nSPS) is 11.0. The van der Waals surface area contributed by atoms with Crippen LogP contribution in [-0.4, -0.2) is 29.9 Å². The first-order valence-corrected chi connectivity index (χ1v) is 8.26. The summed E-state index contributed by atoms with van der Waals surface area (Å²) in [6, 6.07) is 8.62. The quantitative estimate of drug-likeness (QED) is 0.706. The monoisotopic (exact) mass is 344 g/mol. The van der Waals surface area contributed by atoms with Gasteiger partial charge in [0.05, 0.1) is 11.5 Å². The Morgan fingerprint density at radius 2 is 2.17 bits per heavy atom. The molecule has 3 rings (SSSR count). The third kappa shape index (κ3) is 3.16. The number of halogens is 1. The van der Waals surface area contributed by atoms with Crippen LogP contribution in [0.25, 0.3) is 10.1 Å². The molecule has 124 valence electrons. The largest absolute Gasteiger partial charge is 0.380 e. The van der Waals surface area contributed by atoms with Gasteiger partial charge in [-0.25, -0.2) is 4.39 Å². The zero-order chi connectivity index (χ0) is 17.1. The molecule has 2 aromatic heterocycles. The minimum atomic E-state index is -0.329. The third-order valence-electron chi connectivity index (χ3n) is 3.74. The maximum atomic E-state index is 14.2. The maximum absolute atomic E-state index is 14.2. The van der Waals surface area contributed by atoms with Crippen molar-refractivity contribution in [2.24, 2.45) is 0 Å². The molecule has 0 N–H and O–H groups in total. The van der Waals surface area contributed by atoms with Crippen LogP contribution in [0.5, 0.6) is 0 Å².